The lowest BCUT2D eigenvalue weighted by atomic mass is 10.0. The lowest BCUT2D eigenvalue weighted by Gasteiger charge is -2.14. The van der Waals surface area contributed by atoms with Crippen molar-refractivity contribution in [2.24, 2.45) is 7.05 Å². The highest BCUT2D eigenvalue weighted by atomic mass is 32.2. The Morgan fingerprint density at radius 3 is 2.58 bits per heavy atom. The molecule has 0 spiro atoms. The number of amides is 1. The van der Waals surface area contributed by atoms with Crippen LogP contribution in [0.2, 0.25) is 0 Å². The Morgan fingerprint density at radius 2 is 1.89 bits per heavy atom. The number of thiophene rings is 1. The maximum absolute atomic E-state index is 14.0. The number of thioether (sulfide) groups is 1. The van der Waals surface area contributed by atoms with E-state index in [0.717, 1.165) is 39.9 Å². The molecule has 0 aliphatic rings. The second-order valence-corrected chi connectivity index (χ2v) is 10.3. The number of rotatable bonds is 9. The summed E-state index contributed by atoms with van der Waals surface area (Å²) < 4.78 is 39.3. The molecule has 0 bridgehead atoms. The fraction of sp³-hybridized carbons (Fsp3) is 0.231. The topological polar surface area (TPSA) is 95.3 Å². The van der Waals surface area contributed by atoms with Gasteiger partial charge in [-0.25, -0.2) is 13.6 Å². The van der Waals surface area contributed by atoms with Crippen LogP contribution in [-0.2, 0) is 16.6 Å². The molecule has 2 aromatic heterocycles. The number of hydrogen-bond acceptors (Lipinski definition) is 8. The van der Waals surface area contributed by atoms with E-state index in [1.165, 1.54) is 24.5 Å². The van der Waals surface area contributed by atoms with Crippen LogP contribution in [-0.4, -0.2) is 39.5 Å². The van der Waals surface area contributed by atoms with Crippen LogP contribution in [0.15, 0.2) is 53.7 Å². The predicted octanol–water partition coefficient (Wildman–Crippen LogP) is 5.79. The molecule has 0 saturated heterocycles. The zero-order valence-corrected chi connectivity index (χ0v) is 22.6. The Balaban J connectivity index is 1.45. The Bertz CT molecular complexity index is 1470. The first kappa shape index (κ1) is 27.3. The van der Waals surface area contributed by atoms with Crippen LogP contribution in [0.25, 0.3) is 11.1 Å². The van der Waals surface area contributed by atoms with Crippen molar-refractivity contribution < 1.29 is 27.8 Å². The summed E-state index contributed by atoms with van der Waals surface area (Å²) in [5.41, 5.74) is 1.87. The lowest BCUT2D eigenvalue weighted by molar-refractivity contribution is -0.113. The molecule has 1 unspecified atom stereocenters. The van der Waals surface area contributed by atoms with Gasteiger partial charge >= 0.3 is 5.97 Å². The summed E-state index contributed by atoms with van der Waals surface area (Å²) in [7, 11) is 2.99. The van der Waals surface area contributed by atoms with Gasteiger partial charge in [0.15, 0.2) is 28.7 Å². The lowest BCUT2D eigenvalue weighted by Crippen LogP contribution is -2.16. The number of carbonyl (C=O) groups is 2. The molecular formula is C26H24F2N4O4S2. The molecule has 0 saturated carbocycles. The van der Waals surface area contributed by atoms with Crippen LogP contribution in [0.1, 0.15) is 34.1 Å². The average molecular weight is 559 g/mol. The summed E-state index contributed by atoms with van der Waals surface area (Å²) in [5.74, 6) is -2.14. The normalized spacial score (nSPS) is 11.7. The summed E-state index contributed by atoms with van der Waals surface area (Å²) in [4.78, 5) is 26.3. The van der Waals surface area contributed by atoms with Crippen molar-refractivity contribution in [1.82, 2.24) is 14.8 Å². The molecule has 2 heterocycles. The van der Waals surface area contributed by atoms with Gasteiger partial charge in [-0.1, -0.05) is 42.1 Å². The summed E-state index contributed by atoms with van der Waals surface area (Å²) in [6, 6.07) is 12.5. The van der Waals surface area contributed by atoms with Crippen molar-refractivity contribution in [3.05, 3.63) is 76.4 Å². The minimum atomic E-state index is -0.823. The monoisotopic (exact) mass is 558 g/mol. The third-order valence-electron chi connectivity index (χ3n) is 5.55. The molecule has 0 radical (unpaired) electrons. The molecule has 4 rings (SSSR count). The molecular weight excluding hydrogens is 534 g/mol. The minimum Gasteiger partial charge on any atom is -0.480 e. The van der Waals surface area contributed by atoms with Crippen LogP contribution in [0.4, 0.5) is 13.8 Å². The van der Waals surface area contributed by atoms with Gasteiger partial charge < -0.3 is 19.4 Å². The van der Waals surface area contributed by atoms with E-state index in [1.807, 2.05) is 37.3 Å². The number of methoxy groups -OCH3 is 1. The summed E-state index contributed by atoms with van der Waals surface area (Å²) in [5, 5.41) is 11.9. The van der Waals surface area contributed by atoms with E-state index in [4.69, 9.17) is 9.47 Å². The second kappa shape index (κ2) is 11.7. The van der Waals surface area contributed by atoms with Crippen molar-refractivity contribution in [2.75, 3.05) is 18.2 Å². The van der Waals surface area contributed by atoms with Gasteiger partial charge in [-0.2, -0.15) is 0 Å². The fourth-order valence-electron chi connectivity index (χ4n) is 3.79. The summed E-state index contributed by atoms with van der Waals surface area (Å²) >= 11 is 2.44. The van der Waals surface area contributed by atoms with Crippen LogP contribution in [0.5, 0.6) is 5.75 Å². The number of carbonyl (C=O) groups excluding carboxylic acids is 2. The number of halogens is 2. The van der Waals surface area contributed by atoms with Crippen molar-refractivity contribution in [2.45, 2.75) is 25.1 Å². The molecule has 8 nitrogen and oxygen atoms in total. The van der Waals surface area contributed by atoms with Crippen molar-refractivity contribution >= 4 is 40.0 Å². The van der Waals surface area contributed by atoms with Gasteiger partial charge in [-0.3, -0.25) is 4.79 Å². The SMILES string of the molecule is COC(=O)c1c(NC(=O)CSc2nnc(C(C)Oc3ccc(F)cc3F)n2C)sc(C)c1-c1ccccc1. The number of ether oxygens (including phenoxy) is 2. The highest BCUT2D eigenvalue weighted by molar-refractivity contribution is 7.99. The Hall–Kier alpha value is -3.77. The fourth-order valence-corrected chi connectivity index (χ4v) is 5.59. The van der Waals surface area contributed by atoms with E-state index in [1.54, 1.807) is 18.5 Å². The van der Waals surface area contributed by atoms with Crippen molar-refractivity contribution in [3.63, 3.8) is 0 Å². The average Bonchev–Trinajstić information content (AvgIpc) is 3.43. The molecule has 2 aromatic carbocycles. The van der Waals surface area contributed by atoms with Gasteiger partial charge in [0, 0.05) is 23.6 Å². The van der Waals surface area contributed by atoms with Crippen molar-refractivity contribution in [3.8, 4) is 16.9 Å². The van der Waals surface area contributed by atoms with Gasteiger partial charge in [0.2, 0.25) is 5.91 Å². The first-order chi connectivity index (χ1) is 18.2. The summed E-state index contributed by atoms with van der Waals surface area (Å²) in [6.07, 6.45) is -0.691. The quantitative estimate of drug-likeness (QED) is 0.205. The van der Waals surface area contributed by atoms with Gasteiger partial charge in [0.05, 0.1) is 12.9 Å². The molecule has 4 aromatic rings. The Kier molecular flexibility index (Phi) is 8.42. The van der Waals surface area contributed by atoms with Gasteiger partial charge in [0.1, 0.15) is 16.4 Å². The van der Waals surface area contributed by atoms with E-state index in [2.05, 4.69) is 15.5 Å². The number of nitrogens with one attached hydrogen (secondary N) is 1. The van der Waals surface area contributed by atoms with Crippen LogP contribution in [0, 0.1) is 18.6 Å². The molecule has 1 amide bonds. The number of anilines is 1. The van der Waals surface area contributed by atoms with E-state index in [9.17, 15) is 18.4 Å². The number of hydrogen-bond donors (Lipinski definition) is 1. The molecule has 1 N–H and O–H groups in total. The Morgan fingerprint density at radius 1 is 1.16 bits per heavy atom. The van der Waals surface area contributed by atoms with Crippen LogP contribution < -0.4 is 10.1 Å². The molecule has 0 aliphatic heterocycles. The minimum absolute atomic E-state index is 0.00790. The zero-order chi connectivity index (χ0) is 27.4. The maximum atomic E-state index is 14.0. The number of aryl methyl sites for hydroxylation is 1. The van der Waals surface area contributed by atoms with E-state index in [-0.39, 0.29) is 17.4 Å². The molecule has 0 fully saturated rings. The highest BCUT2D eigenvalue weighted by Gasteiger charge is 2.25. The molecule has 0 aliphatic carbocycles. The number of nitrogens with zero attached hydrogens (tertiary/aromatic N) is 3. The van der Waals surface area contributed by atoms with Crippen LogP contribution >= 0.6 is 23.1 Å². The first-order valence-electron chi connectivity index (χ1n) is 11.4. The van der Waals surface area contributed by atoms with Gasteiger partial charge in [-0.05, 0) is 31.5 Å². The largest absolute Gasteiger partial charge is 0.480 e. The predicted molar refractivity (Wildman–Crippen MR) is 142 cm³/mol. The van der Waals surface area contributed by atoms with Gasteiger partial charge in [-0.15, -0.1) is 21.5 Å². The third-order valence-corrected chi connectivity index (χ3v) is 7.59. The molecule has 12 heteroatoms. The summed E-state index contributed by atoms with van der Waals surface area (Å²) in [6.45, 7) is 3.54. The molecule has 38 heavy (non-hydrogen) atoms. The van der Waals surface area contributed by atoms with Crippen molar-refractivity contribution in [1.29, 1.82) is 0 Å². The third kappa shape index (κ3) is 5.86. The smallest absolute Gasteiger partial charge is 0.341 e. The Labute approximate surface area is 226 Å². The number of benzene rings is 2. The van der Waals surface area contributed by atoms with Crippen LogP contribution in [0.3, 0.4) is 0 Å². The van der Waals surface area contributed by atoms with Gasteiger partial charge in [0.25, 0.3) is 0 Å². The van der Waals surface area contributed by atoms with E-state index >= 15 is 0 Å². The molecule has 198 valence electrons. The highest BCUT2D eigenvalue weighted by Crippen LogP contribution is 2.40. The van der Waals surface area contributed by atoms with E-state index in [0.29, 0.717) is 21.5 Å². The second-order valence-electron chi connectivity index (χ2n) is 8.17. The number of aromatic nitrogens is 3. The number of esters is 1. The maximum Gasteiger partial charge on any atom is 0.341 e. The van der Waals surface area contributed by atoms with E-state index < -0.39 is 23.7 Å². The first-order valence-corrected chi connectivity index (χ1v) is 13.2. The standard InChI is InChI=1S/C26H24F2N4O4S2/c1-14(36-19-11-10-17(27)12-18(19)28)23-30-31-26(32(23)3)37-13-20(33)29-24-22(25(34)35-4)21(15(2)38-24)16-8-6-5-7-9-16/h5-12,14H,13H2,1-4H3,(H,29,33). The molecule has 1 atom stereocenters. The zero-order valence-electron chi connectivity index (χ0n) is 21.0.